The molecule has 1 aromatic heterocycles. The molecule has 166 valence electrons. The largest absolute Gasteiger partial charge is 0.357 e. The highest BCUT2D eigenvalue weighted by Gasteiger charge is 2.50. The van der Waals surface area contributed by atoms with Crippen LogP contribution in [0.15, 0.2) is 104 Å². The van der Waals surface area contributed by atoms with Crippen LogP contribution in [0.5, 0.6) is 0 Å². The van der Waals surface area contributed by atoms with Crippen LogP contribution in [0.25, 0.3) is 17.0 Å². The fourth-order valence-electron chi connectivity index (χ4n) is 4.61. The Morgan fingerprint density at radius 2 is 1.78 bits per heavy atom. The minimum absolute atomic E-state index is 0.353. The van der Waals surface area contributed by atoms with Crippen molar-refractivity contribution in [2.75, 3.05) is 0 Å². The molecule has 0 spiro atoms. The number of benzene rings is 1. The SMILES string of the molecule is C=C(/C=C\C)NC(=C)/C=C(\C)C1(C)CCc2ccccc2-c2cccc[n+]2C(=C)C1(C)N. The molecule has 2 unspecified atom stereocenters. The van der Waals surface area contributed by atoms with Crippen LogP contribution in [-0.2, 0) is 6.42 Å². The summed E-state index contributed by atoms with van der Waals surface area (Å²) in [4.78, 5) is 0. The van der Waals surface area contributed by atoms with E-state index in [4.69, 9.17) is 5.73 Å². The topological polar surface area (TPSA) is 41.9 Å². The molecule has 0 amide bonds. The molecule has 1 aliphatic heterocycles. The number of nitrogens with zero attached hydrogens (tertiary/aromatic N) is 1. The standard InChI is InChI=1S/C29H36N3/c1-8-13-22(3)31-23(4)20-21(2)28(6)18-17-25-14-9-10-15-26(25)27-16-11-12-19-32(27)24(5)29(28,7)30/h8-16,19-20,31H,3-5,17-18,30H2,1-2,6-7H3/q+1/b13-8-,21-20+. The highest BCUT2D eigenvalue weighted by atomic mass is 15.0. The summed E-state index contributed by atoms with van der Waals surface area (Å²) in [5.74, 6) is 0. The van der Waals surface area contributed by atoms with Gasteiger partial charge in [-0.25, -0.2) is 0 Å². The molecule has 3 heteroatoms. The molecule has 0 fully saturated rings. The van der Waals surface area contributed by atoms with Gasteiger partial charge in [0.25, 0.3) is 0 Å². The zero-order valence-electron chi connectivity index (χ0n) is 19.9. The summed E-state index contributed by atoms with van der Waals surface area (Å²) in [5, 5.41) is 3.26. The molecule has 3 N–H and O–H groups in total. The molecule has 0 bridgehead atoms. The first-order valence-corrected chi connectivity index (χ1v) is 11.2. The van der Waals surface area contributed by atoms with E-state index in [9.17, 15) is 0 Å². The minimum atomic E-state index is -0.697. The molecule has 32 heavy (non-hydrogen) atoms. The van der Waals surface area contributed by atoms with Crippen LogP contribution in [0.1, 0.15) is 39.7 Å². The molecule has 2 heterocycles. The summed E-state index contributed by atoms with van der Waals surface area (Å²) in [6.45, 7) is 21.2. The average molecular weight is 427 g/mol. The Kier molecular flexibility index (Phi) is 6.71. The third kappa shape index (κ3) is 4.26. The molecule has 0 saturated heterocycles. The van der Waals surface area contributed by atoms with Gasteiger partial charge in [-0.3, -0.25) is 0 Å². The third-order valence-electron chi connectivity index (χ3n) is 7.03. The van der Waals surface area contributed by atoms with Gasteiger partial charge in [0.15, 0.2) is 6.20 Å². The molecular formula is C29H36N3+. The number of nitrogens with one attached hydrogen (secondary N) is 1. The smallest absolute Gasteiger partial charge is 0.218 e. The lowest BCUT2D eigenvalue weighted by Gasteiger charge is -2.43. The maximum Gasteiger partial charge on any atom is 0.218 e. The highest BCUT2D eigenvalue weighted by molar-refractivity contribution is 5.64. The predicted octanol–water partition coefficient (Wildman–Crippen LogP) is 5.92. The Morgan fingerprint density at radius 3 is 2.50 bits per heavy atom. The van der Waals surface area contributed by atoms with Crippen molar-refractivity contribution in [1.82, 2.24) is 5.32 Å². The van der Waals surface area contributed by atoms with E-state index in [1.807, 2.05) is 25.1 Å². The van der Waals surface area contributed by atoms with Crippen molar-refractivity contribution in [2.24, 2.45) is 11.1 Å². The lowest BCUT2D eigenvalue weighted by atomic mass is 9.63. The molecule has 1 aliphatic rings. The van der Waals surface area contributed by atoms with Crippen LogP contribution in [0.3, 0.4) is 0 Å². The van der Waals surface area contributed by atoms with Crippen molar-refractivity contribution in [1.29, 1.82) is 0 Å². The maximum absolute atomic E-state index is 7.17. The lowest BCUT2D eigenvalue weighted by molar-refractivity contribution is -0.575. The lowest BCUT2D eigenvalue weighted by Crippen LogP contribution is -2.59. The van der Waals surface area contributed by atoms with E-state index in [2.05, 4.69) is 99.1 Å². The molecule has 1 aromatic carbocycles. The van der Waals surface area contributed by atoms with Crippen molar-refractivity contribution in [3.63, 3.8) is 0 Å². The van der Waals surface area contributed by atoms with Crippen LogP contribution in [0, 0.1) is 5.41 Å². The van der Waals surface area contributed by atoms with Crippen molar-refractivity contribution in [3.05, 3.63) is 109 Å². The zero-order chi connectivity index (χ0) is 23.5. The summed E-state index contributed by atoms with van der Waals surface area (Å²) in [7, 11) is 0. The third-order valence-corrected chi connectivity index (χ3v) is 7.03. The normalized spacial score (nSPS) is 23.5. The van der Waals surface area contributed by atoms with Crippen LogP contribution in [0.2, 0.25) is 0 Å². The first-order valence-electron chi connectivity index (χ1n) is 11.2. The average Bonchev–Trinajstić information content (AvgIpc) is 2.78. The molecule has 0 saturated carbocycles. The molecular weight excluding hydrogens is 390 g/mol. The molecule has 3 rings (SSSR count). The number of pyridine rings is 1. The van der Waals surface area contributed by atoms with Gasteiger partial charge < -0.3 is 11.1 Å². The van der Waals surface area contributed by atoms with E-state index in [-0.39, 0.29) is 5.41 Å². The number of hydrogen-bond acceptors (Lipinski definition) is 2. The van der Waals surface area contributed by atoms with Gasteiger partial charge in [-0.15, -0.1) is 0 Å². The van der Waals surface area contributed by atoms with E-state index >= 15 is 0 Å². The summed E-state index contributed by atoms with van der Waals surface area (Å²) < 4.78 is 2.15. The van der Waals surface area contributed by atoms with Crippen LogP contribution in [-0.4, -0.2) is 5.54 Å². The second-order valence-electron chi connectivity index (χ2n) is 9.10. The number of aromatic nitrogens is 1. The molecule has 2 atom stereocenters. The van der Waals surface area contributed by atoms with Gasteiger partial charge in [0.2, 0.25) is 11.4 Å². The fourth-order valence-corrected chi connectivity index (χ4v) is 4.61. The van der Waals surface area contributed by atoms with Gasteiger partial charge in [0.05, 0.1) is 0 Å². The van der Waals surface area contributed by atoms with Gasteiger partial charge in [-0.05, 0) is 70.0 Å². The second-order valence-corrected chi connectivity index (χ2v) is 9.10. The monoisotopic (exact) mass is 426 g/mol. The second kappa shape index (κ2) is 9.13. The zero-order valence-corrected chi connectivity index (χ0v) is 19.9. The molecule has 2 aromatic rings. The van der Waals surface area contributed by atoms with Gasteiger partial charge in [0.1, 0.15) is 5.54 Å². The van der Waals surface area contributed by atoms with Crippen molar-refractivity contribution < 1.29 is 4.57 Å². The van der Waals surface area contributed by atoms with E-state index in [0.29, 0.717) is 0 Å². The van der Waals surface area contributed by atoms with Gasteiger partial charge >= 0.3 is 0 Å². The number of allylic oxidation sites excluding steroid dienone is 3. The number of rotatable bonds is 5. The summed E-state index contributed by atoms with van der Waals surface area (Å²) in [6, 6.07) is 14.9. The Bertz CT molecular complexity index is 1120. The predicted molar refractivity (Wildman–Crippen MR) is 136 cm³/mol. The van der Waals surface area contributed by atoms with Gasteiger partial charge in [0, 0.05) is 34.5 Å². The van der Waals surface area contributed by atoms with E-state index in [1.54, 1.807) is 0 Å². The summed E-state index contributed by atoms with van der Waals surface area (Å²) in [5.41, 5.74) is 13.4. The fraction of sp³-hybridized carbons (Fsp3) is 0.276. The molecule has 0 aliphatic carbocycles. The van der Waals surface area contributed by atoms with E-state index in [1.165, 1.54) is 11.1 Å². The van der Waals surface area contributed by atoms with E-state index in [0.717, 1.165) is 41.2 Å². The van der Waals surface area contributed by atoms with Crippen LogP contribution < -0.4 is 15.6 Å². The minimum Gasteiger partial charge on any atom is -0.357 e. The maximum atomic E-state index is 7.17. The highest BCUT2D eigenvalue weighted by Crippen LogP contribution is 2.46. The quantitative estimate of drug-likeness (QED) is 0.460. The summed E-state index contributed by atoms with van der Waals surface area (Å²) >= 11 is 0. The molecule has 0 radical (unpaired) electrons. The number of fused-ring (bicyclic) bond motifs is 3. The van der Waals surface area contributed by atoms with Crippen LogP contribution in [0.4, 0.5) is 0 Å². The van der Waals surface area contributed by atoms with Gasteiger partial charge in [-0.1, -0.05) is 49.9 Å². The Morgan fingerprint density at radius 1 is 1.09 bits per heavy atom. The Hall–Kier alpha value is -3.17. The van der Waals surface area contributed by atoms with E-state index < -0.39 is 5.54 Å². The summed E-state index contributed by atoms with van der Waals surface area (Å²) in [6.07, 6.45) is 9.83. The van der Waals surface area contributed by atoms with Crippen molar-refractivity contribution in [2.45, 2.75) is 46.1 Å². The van der Waals surface area contributed by atoms with Crippen LogP contribution >= 0.6 is 0 Å². The molecule has 3 nitrogen and oxygen atoms in total. The van der Waals surface area contributed by atoms with Crippen molar-refractivity contribution >= 4 is 5.70 Å². The first-order chi connectivity index (χ1) is 15.1. The number of hydrogen-bond donors (Lipinski definition) is 2. The van der Waals surface area contributed by atoms with Gasteiger partial charge in [-0.2, -0.15) is 4.57 Å². The number of aryl methyl sites for hydroxylation is 1. The number of nitrogens with two attached hydrogens (primary N) is 1. The first kappa shape index (κ1) is 23.5. The Balaban J connectivity index is 2.12. The Labute approximate surface area is 193 Å². The van der Waals surface area contributed by atoms with Crippen molar-refractivity contribution in [3.8, 4) is 11.3 Å².